The first-order chi connectivity index (χ1) is 8.16. The van der Waals surface area contributed by atoms with Crippen LogP contribution in [0, 0.1) is 0 Å². The SMILES string of the molecule is C=C(Cl)CNCC(O)c1ccc2c(c1)OCO2. The largest absolute Gasteiger partial charge is 0.454 e. The molecular formula is C12H14ClNO3. The molecule has 0 bridgehead atoms. The van der Waals surface area contributed by atoms with E-state index in [2.05, 4.69) is 11.9 Å². The van der Waals surface area contributed by atoms with E-state index in [1.165, 1.54) is 0 Å². The molecule has 0 radical (unpaired) electrons. The third-order valence-corrected chi connectivity index (χ3v) is 2.57. The van der Waals surface area contributed by atoms with Crippen LogP contribution < -0.4 is 14.8 Å². The summed E-state index contributed by atoms with van der Waals surface area (Å²) >= 11 is 5.61. The normalized spacial score (nSPS) is 14.7. The molecule has 1 aliphatic heterocycles. The molecule has 2 rings (SSSR count). The molecule has 92 valence electrons. The minimum atomic E-state index is -0.611. The number of nitrogens with one attached hydrogen (secondary N) is 1. The van der Waals surface area contributed by atoms with E-state index in [9.17, 15) is 5.11 Å². The molecule has 0 fully saturated rings. The zero-order valence-corrected chi connectivity index (χ0v) is 10.0. The highest BCUT2D eigenvalue weighted by Crippen LogP contribution is 2.33. The van der Waals surface area contributed by atoms with Crippen molar-refractivity contribution in [2.75, 3.05) is 19.9 Å². The lowest BCUT2D eigenvalue weighted by molar-refractivity contribution is 0.171. The maximum absolute atomic E-state index is 9.93. The Balaban J connectivity index is 1.95. The van der Waals surface area contributed by atoms with Crippen LogP contribution in [0.15, 0.2) is 29.8 Å². The van der Waals surface area contributed by atoms with E-state index in [-0.39, 0.29) is 6.79 Å². The third kappa shape index (κ3) is 3.12. The van der Waals surface area contributed by atoms with Gasteiger partial charge < -0.3 is 19.9 Å². The average Bonchev–Trinajstić information content (AvgIpc) is 2.75. The molecule has 1 unspecified atom stereocenters. The van der Waals surface area contributed by atoms with Gasteiger partial charge in [-0.1, -0.05) is 24.2 Å². The molecular weight excluding hydrogens is 242 g/mol. The fourth-order valence-corrected chi connectivity index (χ4v) is 1.68. The lowest BCUT2D eigenvalue weighted by Gasteiger charge is -2.12. The molecule has 1 aromatic carbocycles. The summed E-state index contributed by atoms with van der Waals surface area (Å²) in [6.45, 7) is 4.68. The Morgan fingerprint density at radius 2 is 2.24 bits per heavy atom. The summed E-state index contributed by atoms with van der Waals surface area (Å²) in [5.74, 6) is 1.38. The molecule has 0 saturated carbocycles. The van der Waals surface area contributed by atoms with Gasteiger partial charge in [0, 0.05) is 18.1 Å². The van der Waals surface area contributed by atoms with Crippen LogP contribution in [0.25, 0.3) is 0 Å². The maximum Gasteiger partial charge on any atom is 0.231 e. The zero-order valence-electron chi connectivity index (χ0n) is 9.28. The molecule has 0 aromatic heterocycles. The topological polar surface area (TPSA) is 50.7 Å². The van der Waals surface area contributed by atoms with Crippen molar-refractivity contribution in [3.63, 3.8) is 0 Å². The number of halogens is 1. The quantitative estimate of drug-likeness (QED) is 0.842. The molecule has 4 nitrogen and oxygen atoms in total. The van der Waals surface area contributed by atoms with Gasteiger partial charge >= 0.3 is 0 Å². The molecule has 5 heteroatoms. The third-order valence-electron chi connectivity index (χ3n) is 2.44. The van der Waals surface area contributed by atoms with Crippen molar-refractivity contribution in [3.8, 4) is 11.5 Å². The van der Waals surface area contributed by atoms with Crippen LogP contribution in [0.5, 0.6) is 11.5 Å². The highest BCUT2D eigenvalue weighted by Gasteiger charge is 2.16. The van der Waals surface area contributed by atoms with Crippen molar-refractivity contribution in [3.05, 3.63) is 35.4 Å². The lowest BCUT2D eigenvalue weighted by Crippen LogP contribution is -2.22. The first kappa shape index (κ1) is 12.2. The Morgan fingerprint density at radius 1 is 1.47 bits per heavy atom. The highest BCUT2D eigenvalue weighted by molar-refractivity contribution is 6.29. The average molecular weight is 256 g/mol. The molecule has 1 aromatic rings. The standard InChI is InChI=1S/C12H14ClNO3/c1-8(13)5-14-6-10(15)9-2-3-11-12(4-9)17-7-16-11/h2-4,10,14-15H,1,5-7H2. The Hall–Kier alpha value is -1.23. The van der Waals surface area contributed by atoms with E-state index in [0.29, 0.717) is 29.6 Å². The summed E-state index contributed by atoms with van der Waals surface area (Å²) in [4.78, 5) is 0. The second kappa shape index (κ2) is 5.40. The van der Waals surface area contributed by atoms with Crippen molar-refractivity contribution in [2.45, 2.75) is 6.10 Å². The van der Waals surface area contributed by atoms with Crippen molar-refractivity contribution >= 4 is 11.6 Å². The summed E-state index contributed by atoms with van der Waals surface area (Å²) < 4.78 is 10.4. The van der Waals surface area contributed by atoms with Gasteiger partial charge in [0.05, 0.1) is 6.10 Å². The number of aliphatic hydroxyl groups is 1. The predicted molar refractivity (Wildman–Crippen MR) is 65.4 cm³/mol. The van der Waals surface area contributed by atoms with Crippen molar-refractivity contribution < 1.29 is 14.6 Å². The number of hydrogen-bond acceptors (Lipinski definition) is 4. The first-order valence-electron chi connectivity index (χ1n) is 5.28. The monoisotopic (exact) mass is 255 g/mol. The Bertz CT molecular complexity index is 422. The van der Waals surface area contributed by atoms with E-state index in [1.54, 1.807) is 12.1 Å². The molecule has 1 heterocycles. The van der Waals surface area contributed by atoms with E-state index in [1.807, 2.05) is 6.07 Å². The zero-order chi connectivity index (χ0) is 12.3. The van der Waals surface area contributed by atoms with Gasteiger partial charge in [0.1, 0.15) is 0 Å². The molecule has 1 atom stereocenters. The Kier molecular flexibility index (Phi) is 3.89. The Morgan fingerprint density at radius 3 is 3.00 bits per heavy atom. The van der Waals surface area contributed by atoms with Crippen LogP contribution in [0.4, 0.5) is 0 Å². The van der Waals surface area contributed by atoms with Crippen molar-refractivity contribution in [1.29, 1.82) is 0 Å². The summed E-state index contributed by atoms with van der Waals surface area (Å²) in [7, 11) is 0. The van der Waals surface area contributed by atoms with Gasteiger partial charge in [-0.3, -0.25) is 0 Å². The van der Waals surface area contributed by atoms with Crippen LogP contribution in [-0.4, -0.2) is 25.0 Å². The number of fused-ring (bicyclic) bond motifs is 1. The highest BCUT2D eigenvalue weighted by atomic mass is 35.5. The van der Waals surface area contributed by atoms with Crippen LogP contribution in [0.2, 0.25) is 0 Å². The molecule has 2 N–H and O–H groups in total. The summed E-state index contributed by atoms with van der Waals surface area (Å²) in [5, 5.41) is 13.4. The minimum Gasteiger partial charge on any atom is -0.454 e. The fourth-order valence-electron chi connectivity index (χ4n) is 1.58. The first-order valence-corrected chi connectivity index (χ1v) is 5.66. The summed E-state index contributed by atoms with van der Waals surface area (Å²) in [5.41, 5.74) is 0.780. The van der Waals surface area contributed by atoms with E-state index >= 15 is 0 Å². The van der Waals surface area contributed by atoms with E-state index in [4.69, 9.17) is 21.1 Å². The van der Waals surface area contributed by atoms with E-state index in [0.717, 1.165) is 5.56 Å². The Labute approximate surface area is 105 Å². The number of rotatable bonds is 5. The number of ether oxygens (including phenoxy) is 2. The maximum atomic E-state index is 9.93. The minimum absolute atomic E-state index is 0.235. The molecule has 17 heavy (non-hydrogen) atoms. The second-order valence-corrected chi connectivity index (χ2v) is 4.31. The summed E-state index contributed by atoms with van der Waals surface area (Å²) in [6, 6.07) is 5.39. The van der Waals surface area contributed by atoms with Gasteiger partial charge in [-0.2, -0.15) is 0 Å². The molecule has 0 spiro atoms. The van der Waals surface area contributed by atoms with Crippen molar-refractivity contribution in [2.24, 2.45) is 0 Å². The lowest BCUT2D eigenvalue weighted by atomic mass is 10.1. The van der Waals surface area contributed by atoms with Gasteiger partial charge in [0.2, 0.25) is 6.79 Å². The van der Waals surface area contributed by atoms with Crippen LogP contribution in [-0.2, 0) is 0 Å². The molecule has 0 amide bonds. The van der Waals surface area contributed by atoms with Gasteiger partial charge in [0.25, 0.3) is 0 Å². The predicted octanol–water partition coefficient (Wildman–Crippen LogP) is 1.79. The second-order valence-electron chi connectivity index (χ2n) is 3.78. The number of benzene rings is 1. The van der Waals surface area contributed by atoms with Gasteiger partial charge in [-0.15, -0.1) is 0 Å². The van der Waals surface area contributed by atoms with Crippen molar-refractivity contribution in [1.82, 2.24) is 5.32 Å². The smallest absolute Gasteiger partial charge is 0.231 e. The number of hydrogen-bond donors (Lipinski definition) is 2. The van der Waals surface area contributed by atoms with Crippen LogP contribution in [0.3, 0.4) is 0 Å². The molecule has 0 aliphatic carbocycles. The van der Waals surface area contributed by atoms with Gasteiger partial charge in [0.15, 0.2) is 11.5 Å². The molecule has 1 aliphatic rings. The van der Waals surface area contributed by atoms with E-state index < -0.39 is 6.10 Å². The number of aliphatic hydroxyl groups excluding tert-OH is 1. The molecule has 0 saturated heterocycles. The van der Waals surface area contributed by atoms with Crippen LogP contribution in [0.1, 0.15) is 11.7 Å². The van der Waals surface area contributed by atoms with Gasteiger partial charge in [-0.25, -0.2) is 0 Å². The summed E-state index contributed by atoms with van der Waals surface area (Å²) in [6.07, 6.45) is -0.611. The van der Waals surface area contributed by atoms with Gasteiger partial charge in [-0.05, 0) is 17.7 Å². The fraction of sp³-hybridized carbons (Fsp3) is 0.333. The van der Waals surface area contributed by atoms with Crippen LogP contribution >= 0.6 is 11.6 Å².